The average molecular weight is 301 g/mol. The number of fused-ring (bicyclic) bond motifs is 1. The van der Waals surface area contributed by atoms with Crippen molar-refractivity contribution in [3.05, 3.63) is 70.3 Å². The molecule has 0 aromatic heterocycles. The molecule has 2 aliphatic rings. The van der Waals surface area contributed by atoms with Gasteiger partial charge in [-0.3, -0.25) is 0 Å². The molecule has 0 atom stereocenters. The highest BCUT2D eigenvalue weighted by molar-refractivity contribution is 6.31. The van der Waals surface area contributed by atoms with Gasteiger partial charge in [-0.1, -0.05) is 23.8 Å². The maximum atomic E-state index is 11.2. The summed E-state index contributed by atoms with van der Waals surface area (Å²) in [7, 11) is 0. The fraction of sp³-hybridized carbons (Fsp3) is 0.118. The Morgan fingerprint density at radius 1 is 1.29 bits per heavy atom. The van der Waals surface area contributed by atoms with Crippen LogP contribution in [0.1, 0.15) is 22.3 Å². The van der Waals surface area contributed by atoms with Crippen LogP contribution in [0.4, 0.5) is 0 Å². The summed E-state index contributed by atoms with van der Waals surface area (Å²) in [6.45, 7) is 0.479. The van der Waals surface area contributed by atoms with Gasteiger partial charge < -0.3 is 9.84 Å². The van der Waals surface area contributed by atoms with Crippen molar-refractivity contribution in [2.45, 2.75) is 6.42 Å². The molecule has 3 rings (SSSR count). The van der Waals surface area contributed by atoms with Gasteiger partial charge in [0.15, 0.2) is 0 Å². The van der Waals surface area contributed by atoms with E-state index in [2.05, 4.69) is 0 Å². The number of hydrogen-bond donors (Lipinski definition) is 1. The number of carboxylic acid groups (broad SMARTS) is 1. The first-order chi connectivity index (χ1) is 10.1. The Morgan fingerprint density at radius 3 is 2.95 bits per heavy atom. The van der Waals surface area contributed by atoms with Crippen LogP contribution in [-0.2, 0) is 0 Å². The van der Waals surface area contributed by atoms with Crippen LogP contribution in [0.5, 0.6) is 5.75 Å². The van der Waals surface area contributed by atoms with Crippen molar-refractivity contribution in [1.82, 2.24) is 0 Å². The first-order valence-corrected chi connectivity index (χ1v) is 6.97. The van der Waals surface area contributed by atoms with Gasteiger partial charge in [0.1, 0.15) is 12.4 Å². The predicted octanol–water partition coefficient (Wildman–Crippen LogP) is 4.17. The van der Waals surface area contributed by atoms with Gasteiger partial charge in [-0.2, -0.15) is 0 Å². The maximum absolute atomic E-state index is 11.2. The Bertz CT molecular complexity index is 724. The van der Waals surface area contributed by atoms with Crippen LogP contribution >= 0.6 is 11.6 Å². The van der Waals surface area contributed by atoms with Crippen molar-refractivity contribution in [2.75, 3.05) is 6.61 Å². The molecule has 1 aliphatic heterocycles. The lowest BCUT2D eigenvalue weighted by atomic mass is 9.92. The zero-order valence-electron chi connectivity index (χ0n) is 11.2. The van der Waals surface area contributed by atoms with Gasteiger partial charge in [-0.25, -0.2) is 4.79 Å². The molecule has 0 fully saturated rings. The minimum Gasteiger partial charge on any atom is -0.489 e. The highest BCUT2D eigenvalue weighted by Gasteiger charge is 2.19. The molecule has 0 radical (unpaired) electrons. The van der Waals surface area contributed by atoms with E-state index in [0.717, 1.165) is 23.1 Å². The third-order valence-corrected chi connectivity index (χ3v) is 3.70. The topological polar surface area (TPSA) is 46.5 Å². The lowest BCUT2D eigenvalue weighted by molar-refractivity contribution is 0.0697. The zero-order chi connectivity index (χ0) is 14.8. The van der Waals surface area contributed by atoms with Crippen molar-refractivity contribution in [3.8, 4) is 5.75 Å². The second kappa shape index (κ2) is 5.62. The summed E-state index contributed by atoms with van der Waals surface area (Å²) in [5, 5.41) is 9.83. The van der Waals surface area contributed by atoms with E-state index in [1.165, 1.54) is 0 Å². The summed E-state index contributed by atoms with van der Waals surface area (Å²) < 4.78 is 5.58. The van der Waals surface area contributed by atoms with Gasteiger partial charge in [-0.15, -0.1) is 0 Å². The standard InChI is InChI=1S/C17H13ClO3/c18-13-3-1-2-11(4-6-13)14-8-9-21-16-7-5-12(17(19)20)10-15(14)16/h1,3-8,10H,2,9H2,(H,19,20). The molecule has 1 aliphatic carbocycles. The summed E-state index contributed by atoms with van der Waals surface area (Å²) in [5.41, 5.74) is 3.16. The first kappa shape index (κ1) is 13.7. The fourth-order valence-electron chi connectivity index (χ4n) is 2.43. The molecule has 0 bridgehead atoms. The van der Waals surface area contributed by atoms with Crippen LogP contribution < -0.4 is 4.74 Å². The summed E-state index contributed by atoms with van der Waals surface area (Å²) in [6.07, 6.45) is 10.4. The number of rotatable bonds is 2. The number of halogens is 1. The minimum atomic E-state index is -0.944. The molecule has 1 aromatic carbocycles. The van der Waals surface area contributed by atoms with Gasteiger partial charge in [-0.05, 0) is 54.0 Å². The number of ether oxygens (including phenoxy) is 1. The molecule has 1 aromatic rings. The van der Waals surface area contributed by atoms with E-state index in [-0.39, 0.29) is 5.56 Å². The number of aromatic carboxylic acids is 1. The molecule has 106 valence electrons. The Balaban J connectivity index is 2.06. The molecule has 1 heterocycles. The SMILES string of the molecule is O=C(O)c1ccc2c(c1)C(C1=CC=C(Cl)C=CC1)=CCO2. The number of benzene rings is 1. The Hall–Kier alpha value is -2.26. The Kier molecular flexibility index (Phi) is 3.67. The monoisotopic (exact) mass is 300 g/mol. The molecule has 0 unspecified atom stereocenters. The van der Waals surface area contributed by atoms with Crippen LogP contribution in [-0.4, -0.2) is 17.7 Å². The first-order valence-electron chi connectivity index (χ1n) is 6.59. The molecule has 1 N–H and O–H groups in total. The number of allylic oxidation sites excluding steroid dienone is 7. The molecule has 4 heteroatoms. The molecule has 0 amide bonds. The van der Waals surface area contributed by atoms with Gasteiger partial charge in [0, 0.05) is 10.6 Å². The van der Waals surface area contributed by atoms with E-state index in [9.17, 15) is 4.79 Å². The van der Waals surface area contributed by atoms with E-state index >= 15 is 0 Å². The summed E-state index contributed by atoms with van der Waals surface area (Å²) in [5.74, 6) is -0.234. The highest BCUT2D eigenvalue weighted by Crippen LogP contribution is 2.37. The van der Waals surface area contributed by atoms with Crippen molar-refractivity contribution in [1.29, 1.82) is 0 Å². The van der Waals surface area contributed by atoms with Crippen LogP contribution in [0.2, 0.25) is 0 Å². The molecule has 0 spiro atoms. The van der Waals surface area contributed by atoms with Gasteiger partial charge in [0.05, 0.1) is 5.56 Å². The smallest absolute Gasteiger partial charge is 0.335 e. The average Bonchev–Trinajstić information content (AvgIpc) is 2.70. The van der Waals surface area contributed by atoms with E-state index in [1.54, 1.807) is 18.2 Å². The van der Waals surface area contributed by atoms with Gasteiger partial charge in [0.2, 0.25) is 0 Å². The summed E-state index contributed by atoms with van der Waals surface area (Å²) in [4.78, 5) is 11.2. The van der Waals surface area contributed by atoms with Crippen molar-refractivity contribution >= 4 is 23.1 Å². The molecule has 0 saturated carbocycles. The van der Waals surface area contributed by atoms with Gasteiger partial charge >= 0.3 is 5.97 Å². The molecular weight excluding hydrogens is 288 g/mol. The third kappa shape index (κ3) is 2.78. The van der Waals surface area contributed by atoms with Crippen LogP contribution in [0.25, 0.3) is 5.57 Å². The number of hydrogen-bond acceptors (Lipinski definition) is 2. The lowest BCUT2D eigenvalue weighted by Crippen LogP contribution is -2.08. The van der Waals surface area contributed by atoms with Crippen LogP contribution in [0.15, 0.2) is 59.2 Å². The highest BCUT2D eigenvalue weighted by atomic mass is 35.5. The van der Waals surface area contributed by atoms with Crippen molar-refractivity contribution in [2.24, 2.45) is 0 Å². The Labute approximate surface area is 127 Å². The second-order valence-electron chi connectivity index (χ2n) is 4.79. The quantitative estimate of drug-likeness (QED) is 0.891. The molecular formula is C17H13ClO3. The largest absolute Gasteiger partial charge is 0.489 e. The van der Waals surface area contributed by atoms with Crippen molar-refractivity contribution in [3.63, 3.8) is 0 Å². The van der Waals surface area contributed by atoms with Crippen molar-refractivity contribution < 1.29 is 14.6 Å². The van der Waals surface area contributed by atoms with Crippen LogP contribution in [0.3, 0.4) is 0 Å². The summed E-state index contributed by atoms with van der Waals surface area (Å²) >= 11 is 6.00. The van der Waals surface area contributed by atoms with Gasteiger partial charge in [0.25, 0.3) is 0 Å². The number of carboxylic acids is 1. The zero-order valence-corrected chi connectivity index (χ0v) is 11.9. The lowest BCUT2D eigenvalue weighted by Gasteiger charge is -2.20. The molecule has 0 saturated heterocycles. The maximum Gasteiger partial charge on any atom is 0.335 e. The fourth-order valence-corrected chi connectivity index (χ4v) is 2.58. The van der Waals surface area contributed by atoms with E-state index in [0.29, 0.717) is 17.4 Å². The third-order valence-electron chi connectivity index (χ3n) is 3.45. The Morgan fingerprint density at radius 2 is 2.14 bits per heavy atom. The van der Waals surface area contributed by atoms with Crippen LogP contribution in [0, 0.1) is 0 Å². The predicted molar refractivity (Wildman–Crippen MR) is 82.6 cm³/mol. The second-order valence-corrected chi connectivity index (χ2v) is 5.23. The van der Waals surface area contributed by atoms with E-state index < -0.39 is 5.97 Å². The van der Waals surface area contributed by atoms with E-state index in [1.807, 2.05) is 30.4 Å². The normalized spacial score (nSPS) is 16.9. The van der Waals surface area contributed by atoms with E-state index in [4.69, 9.17) is 21.4 Å². The summed E-state index contributed by atoms with van der Waals surface area (Å²) in [6, 6.07) is 4.92. The number of carbonyl (C=O) groups is 1. The molecule has 21 heavy (non-hydrogen) atoms. The minimum absolute atomic E-state index is 0.253. The molecule has 3 nitrogen and oxygen atoms in total.